The van der Waals surface area contributed by atoms with Gasteiger partial charge in [-0.1, -0.05) is 71.7 Å². The summed E-state index contributed by atoms with van der Waals surface area (Å²) in [5.41, 5.74) is 6.79. The Morgan fingerprint density at radius 2 is 1.75 bits per heavy atom. The Morgan fingerprint density at radius 3 is 2.28 bits per heavy atom. The number of hydrogen-bond acceptors (Lipinski definition) is 4. The number of carbonyl (C=O) groups excluding carboxylic acids is 2. The third-order valence-electron chi connectivity index (χ3n) is 6.40. The first kappa shape index (κ1) is 27.8. The maximum absolute atomic E-state index is 13.3. The van der Waals surface area contributed by atoms with E-state index in [1.807, 2.05) is 49.4 Å². The van der Waals surface area contributed by atoms with Crippen LogP contribution in [0, 0.1) is 11.8 Å². The van der Waals surface area contributed by atoms with Crippen molar-refractivity contribution in [2.75, 3.05) is 0 Å². The smallest absolute Gasteiger partial charge is 0.357 e. The van der Waals surface area contributed by atoms with Crippen molar-refractivity contribution >= 4 is 40.9 Å². The third kappa shape index (κ3) is 7.58. The normalized spacial score (nSPS) is 20.7. The van der Waals surface area contributed by atoms with Gasteiger partial charge in [-0.15, -0.1) is 6.58 Å². The summed E-state index contributed by atoms with van der Waals surface area (Å²) in [6.45, 7) is 5.63. The molecule has 0 aromatic heterocycles. The topological polar surface area (TPSA) is 85.0 Å². The van der Waals surface area contributed by atoms with E-state index < -0.39 is 12.0 Å². The van der Waals surface area contributed by atoms with Crippen LogP contribution in [0.3, 0.4) is 0 Å². The number of amidine groups is 1. The summed E-state index contributed by atoms with van der Waals surface area (Å²) >= 11 is 11.6. The molecule has 192 valence electrons. The largest absolute Gasteiger partial charge is 0.384 e. The highest BCUT2D eigenvalue weighted by atomic mass is 35.5. The number of rotatable bonds is 8. The first-order valence-electron chi connectivity index (χ1n) is 12.3. The molecule has 2 aromatic rings. The molecule has 2 unspecified atom stereocenters. The number of piperidine rings is 1. The highest BCUT2D eigenvalue weighted by Gasteiger charge is 2.42. The lowest BCUT2D eigenvalue weighted by atomic mass is 9.85. The highest BCUT2D eigenvalue weighted by molar-refractivity contribution is 6.30. The molecule has 0 radical (unpaired) electrons. The lowest BCUT2D eigenvalue weighted by Gasteiger charge is -2.42. The Labute approximate surface area is 223 Å². The van der Waals surface area contributed by atoms with E-state index in [2.05, 4.69) is 11.7 Å². The zero-order valence-electron chi connectivity index (χ0n) is 20.5. The maximum atomic E-state index is 13.3. The van der Waals surface area contributed by atoms with Crippen molar-refractivity contribution in [1.82, 2.24) is 4.90 Å². The van der Waals surface area contributed by atoms with E-state index in [0.717, 1.165) is 36.3 Å². The highest BCUT2D eigenvalue weighted by Crippen LogP contribution is 2.38. The Hall–Kier alpha value is -2.83. The SMILES string of the molecule is C=CC[C@H]1CCC(c2ccc(Cl)cc2)N(C(CC)C(=O)O/N=C(/N)C2CC2)C1=O.Clc1ccccc1. The molecule has 1 aliphatic carbocycles. The van der Waals surface area contributed by atoms with Crippen LogP contribution in [-0.2, 0) is 14.4 Å². The fourth-order valence-electron chi connectivity index (χ4n) is 4.29. The Kier molecular flexibility index (Phi) is 10.4. The second-order valence-electron chi connectivity index (χ2n) is 9.03. The van der Waals surface area contributed by atoms with E-state index in [-0.39, 0.29) is 23.8 Å². The van der Waals surface area contributed by atoms with Crippen molar-refractivity contribution in [3.05, 3.63) is 82.9 Å². The van der Waals surface area contributed by atoms with Crippen LogP contribution in [-0.4, -0.2) is 28.7 Å². The number of allylic oxidation sites excluding steroid dienone is 1. The summed E-state index contributed by atoms with van der Waals surface area (Å²) < 4.78 is 0. The molecular formula is C28H33Cl2N3O3. The fourth-order valence-corrected chi connectivity index (χ4v) is 4.56. The molecule has 3 atom stereocenters. The van der Waals surface area contributed by atoms with Gasteiger partial charge >= 0.3 is 5.97 Å². The van der Waals surface area contributed by atoms with Gasteiger partial charge in [0.05, 0.1) is 6.04 Å². The second kappa shape index (κ2) is 13.5. The van der Waals surface area contributed by atoms with Gasteiger partial charge in [-0.2, -0.15) is 0 Å². The van der Waals surface area contributed by atoms with Crippen molar-refractivity contribution < 1.29 is 14.4 Å². The van der Waals surface area contributed by atoms with Gasteiger partial charge in [0.2, 0.25) is 5.91 Å². The summed E-state index contributed by atoms with van der Waals surface area (Å²) in [4.78, 5) is 33.0. The number of nitrogens with two attached hydrogens (primary N) is 1. The summed E-state index contributed by atoms with van der Waals surface area (Å²) in [6.07, 6.45) is 6.20. The molecule has 2 N–H and O–H groups in total. The molecule has 1 aliphatic heterocycles. The van der Waals surface area contributed by atoms with E-state index >= 15 is 0 Å². The van der Waals surface area contributed by atoms with Gasteiger partial charge in [0, 0.05) is 21.9 Å². The molecule has 1 heterocycles. The molecule has 0 spiro atoms. The zero-order valence-corrected chi connectivity index (χ0v) is 22.0. The van der Waals surface area contributed by atoms with Crippen LogP contribution in [0.2, 0.25) is 10.0 Å². The number of amides is 1. The zero-order chi connectivity index (χ0) is 26.1. The average molecular weight is 530 g/mol. The molecule has 4 rings (SSSR count). The minimum Gasteiger partial charge on any atom is -0.384 e. The van der Waals surface area contributed by atoms with Crippen LogP contribution < -0.4 is 5.73 Å². The van der Waals surface area contributed by atoms with Crippen LogP contribution in [0.5, 0.6) is 0 Å². The fraction of sp³-hybridized carbons (Fsp3) is 0.393. The van der Waals surface area contributed by atoms with E-state index in [1.54, 1.807) is 23.1 Å². The van der Waals surface area contributed by atoms with Crippen LogP contribution in [0.15, 0.2) is 72.4 Å². The molecule has 1 saturated heterocycles. The van der Waals surface area contributed by atoms with Crippen molar-refractivity contribution in [2.45, 2.75) is 57.5 Å². The summed E-state index contributed by atoms with van der Waals surface area (Å²) in [5, 5.41) is 5.23. The molecule has 1 amide bonds. The Balaban J connectivity index is 0.000000444. The molecule has 2 fully saturated rings. The van der Waals surface area contributed by atoms with Gasteiger partial charge in [-0.25, -0.2) is 4.79 Å². The van der Waals surface area contributed by atoms with Crippen LogP contribution in [0.25, 0.3) is 0 Å². The predicted molar refractivity (Wildman–Crippen MR) is 145 cm³/mol. The van der Waals surface area contributed by atoms with Gasteiger partial charge in [0.15, 0.2) is 0 Å². The molecule has 6 nitrogen and oxygen atoms in total. The number of hydrogen-bond donors (Lipinski definition) is 1. The van der Waals surface area contributed by atoms with Gasteiger partial charge in [0.1, 0.15) is 11.9 Å². The van der Waals surface area contributed by atoms with Gasteiger partial charge in [-0.3, -0.25) is 4.79 Å². The van der Waals surface area contributed by atoms with Gasteiger partial charge < -0.3 is 15.5 Å². The Bertz CT molecular complexity index is 1060. The minimum absolute atomic E-state index is 0.0564. The van der Waals surface area contributed by atoms with E-state index in [9.17, 15) is 9.59 Å². The quantitative estimate of drug-likeness (QED) is 0.138. The molecule has 8 heteroatoms. The summed E-state index contributed by atoms with van der Waals surface area (Å²) in [6, 6.07) is 15.9. The summed E-state index contributed by atoms with van der Waals surface area (Å²) in [5.74, 6) is -0.241. The monoisotopic (exact) mass is 529 g/mol. The lowest BCUT2D eigenvalue weighted by molar-refractivity contribution is -0.161. The van der Waals surface area contributed by atoms with Crippen molar-refractivity contribution in [3.8, 4) is 0 Å². The molecule has 36 heavy (non-hydrogen) atoms. The van der Waals surface area contributed by atoms with E-state index in [0.29, 0.717) is 23.7 Å². The van der Waals surface area contributed by atoms with Crippen LogP contribution in [0.4, 0.5) is 0 Å². The first-order valence-corrected chi connectivity index (χ1v) is 13.0. The number of carbonyl (C=O) groups is 2. The number of benzene rings is 2. The predicted octanol–water partition coefficient (Wildman–Crippen LogP) is 6.54. The molecule has 2 aliphatic rings. The second-order valence-corrected chi connectivity index (χ2v) is 9.90. The van der Waals surface area contributed by atoms with Gasteiger partial charge in [0.25, 0.3) is 0 Å². The van der Waals surface area contributed by atoms with Crippen molar-refractivity contribution in [1.29, 1.82) is 0 Å². The number of oxime groups is 1. The van der Waals surface area contributed by atoms with E-state index in [4.69, 9.17) is 33.8 Å². The minimum atomic E-state index is -0.730. The van der Waals surface area contributed by atoms with E-state index in [1.165, 1.54) is 0 Å². The van der Waals surface area contributed by atoms with Crippen molar-refractivity contribution in [3.63, 3.8) is 0 Å². The number of likely N-dealkylation sites (tertiary alicyclic amines) is 1. The lowest BCUT2D eigenvalue weighted by Crippen LogP contribution is -2.52. The standard InChI is InChI=1S/C22H28ClN3O3.C6H5Cl/c1-3-5-16-10-13-19(14-8-11-17(23)12-9-14)26(21(16)27)18(4-2)22(28)29-25-20(24)15-6-7-15;7-6-4-2-1-3-5-6/h3,8-9,11-12,15-16,18-19H,1,4-7,10,13H2,2H3,(H2,24,25);1-5H/t16-,18?,19?;/m0./s1. The third-order valence-corrected chi connectivity index (χ3v) is 6.90. The number of halogens is 2. The van der Waals surface area contributed by atoms with Crippen molar-refractivity contribution in [2.24, 2.45) is 22.7 Å². The molecule has 1 saturated carbocycles. The maximum Gasteiger partial charge on any atom is 0.357 e. The molecule has 0 bridgehead atoms. The van der Waals surface area contributed by atoms with Crippen LogP contribution in [0.1, 0.15) is 57.1 Å². The van der Waals surface area contributed by atoms with Gasteiger partial charge in [-0.05, 0) is 68.4 Å². The Morgan fingerprint density at radius 1 is 1.11 bits per heavy atom. The molecular weight excluding hydrogens is 497 g/mol. The van der Waals surface area contributed by atoms with Crippen LogP contribution >= 0.6 is 23.2 Å². The molecule has 2 aromatic carbocycles. The summed E-state index contributed by atoms with van der Waals surface area (Å²) in [7, 11) is 0. The number of nitrogens with zero attached hydrogens (tertiary/aromatic N) is 2. The first-order chi connectivity index (χ1) is 17.3. The average Bonchev–Trinajstić information content (AvgIpc) is 3.72.